The number of amides is 1. The number of nitrogens with one attached hydrogen (secondary N) is 1. The van der Waals surface area contributed by atoms with Crippen molar-refractivity contribution in [3.05, 3.63) is 80.4 Å². The van der Waals surface area contributed by atoms with E-state index >= 15 is 0 Å². The molecule has 0 radical (unpaired) electrons. The van der Waals surface area contributed by atoms with Crippen LogP contribution in [0.1, 0.15) is 44.9 Å². The highest BCUT2D eigenvalue weighted by Crippen LogP contribution is 2.37. The van der Waals surface area contributed by atoms with E-state index in [0.717, 1.165) is 16.8 Å². The minimum absolute atomic E-state index is 0.0322. The lowest BCUT2D eigenvalue weighted by Crippen LogP contribution is -2.24. The molecule has 4 aromatic rings. The van der Waals surface area contributed by atoms with Gasteiger partial charge in [0.1, 0.15) is 11.4 Å². The van der Waals surface area contributed by atoms with Gasteiger partial charge in [0.15, 0.2) is 11.5 Å². The van der Waals surface area contributed by atoms with Crippen LogP contribution in [0, 0.1) is 20.8 Å². The summed E-state index contributed by atoms with van der Waals surface area (Å²) in [6.45, 7) is 5.56. The molecule has 0 saturated carbocycles. The molecule has 1 amide bonds. The van der Waals surface area contributed by atoms with Gasteiger partial charge in [-0.2, -0.15) is 0 Å². The number of nitrogens with zero attached hydrogens (tertiary/aromatic N) is 3. The second-order valence-electron chi connectivity index (χ2n) is 9.35. The molecule has 2 aromatic carbocycles. The van der Waals surface area contributed by atoms with E-state index in [0.29, 0.717) is 47.4 Å². The van der Waals surface area contributed by atoms with Gasteiger partial charge in [-0.1, -0.05) is 23.4 Å². The van der Waals surface area contributed by atoms with Crippen LogP contribution >= 0.6 is 0 Å². The molecule has 38 heavy (non-hydrogen) atoms. The normalized spacial score (nSPS) is 13.0. The van der Waals surface area contributed by atoms with Crippen molar-refractivity contribution in [3.8, 4) is 22.8 Å². The number of benzene rings is 2. The van der Waals surface area contributed by atoms with Crippen molar-refractivity contribution >= 4 is 11.6 Å². The van der Waals surface area contributed by atoms with Gasteiger partial charge in [0.25, 0.3) is 11.5 Å². The molecule has 198 valence electrons. The van der Waals surface area contributed by atoms with Crippen LogP contribution < -0.4 is 15.6 Å². The number of aromatic nitrogens is 3. The molecular formula is C27H25F3N4O4. The summed E-state index contributed by atoms with van der Waals surface area (Å²) in [6.07, 6.45) is -3.35. The standard InChI is InChI=1S/C27H25F3N4O4/c1-14-7-5-8-15(2)23(14)34-26(36)21(16(3)33(34)4)31-25(35)22-20-10-6-9-17-13-18(37-27(28,29)30)11-12-19(17)24(20)38-32-22/h5,7-8,11-13H,6,9-10H2,1-4H3,(H,31,35). The first kappa shape index (κ1) is 25.4. The molecule has 1 aliphatic carbocycles. The summed E-state index contributed by atoms with van der Waals surface area (Å²) in [5.74, 6) is -0.606. The molecule has 1 N–H and O–H groups in total. The van der Waals surface area contributed by atoms with Crippen LogP contribution in [-0.4, -0.2) is 26.8 Å². The summed E-state index contributed by atoms with van der Waals surface area (Å²) in [6, 6.07) is 9.73. The summed E-state index contributed by atoms with van der Waals surface area (Å²) < 4.78 is 50.8. The Morgan fingerprint density at radius 1 is 1.11 bits per heavy atom. The lowest BCUT2D eigenvalue weighted by atomic mass is 10.0. The number of para-hydroxylation sites is 1. The van der Waals surface area contributed by atoms with E-state index < -0.39 is 12.3 Å². The van der Waals surface area contributed by atoms with E-state index in [1.807, 2.05) is 32.0 Å². The van der Waals surface area contributed by atoms with E-state index in [1.165, 1.54) is 22.9 Å². The van der Waals surface area contributed by atoms with E-state index in [2.05, 4.69) is 15.2 Å². The summed E-state index contributed by atoms with van der Waals surface area (Å²) in [5, 5.41) is 6.70. The van der Waals surface area contributed by atoms with E-state index in [1.54, 1.807) is 18.7 Å². The zero-order chi connectivity index (χ0) is 27.4. The first-order valence-electron chi connectivity index (χ1n) is 12.0. The number of ether oxygens (including phenoxy) is 1. The molecule has 0 atom stereocenters. The van der Waals surface area contributed by atoms with Crippen molar-refractivity contribution in [2.24, 2.45) is 7.05 Å². The molecule has 11 heteroatoms. The molecular weight excluding hydrogens is 501 g/mol. The fraction of sp³-hybridized carbons (Fsp3) is 0.296. The second-order valence-corrected chi connectivity index (χ2v) is 9.35. The summed E-state index contributed by atoms with van der Waals surface area (Å²) in [5.41, 5.74) is 4.58. The van der Waals surface area contributed by atoms with Crippen LogP contribution in [0.4, 0.5) is 18.9 Å². The maximum atomic E-state index is 13.5. The third-order valence-electron chi connectivity index (χ3n) is 6.87. The Hall–Kier alpha value is -4.28. The highest BCUT2D eigenvalue weighted by molar-refractivity contribution is 6.05. The van der Waals surface area contributed by atoms with Crippen LogP contribution in [0.15, 0.2) is 45.7 Å². The first-order chi connectivity index (χ1) is 18.0. The fourth-order valence-corrected chi connectivity index (χ4v) is 5.00. The fourth-order valence-electron chi connectivity index (χ4n) is 5.00. The molecule has 5 rings (SSSR count). The quantitative estimate of drug-likeness (QED) is 0.385. The number of carbonyl (C=O) groups excluding carboxylic acids is 1. The van der Waals surface area contributed by atoms with E-state index in [9.17, 15) is 22.8 Å². The predicted molar refractivity (Wildman–Crippen MR) is 134 cm³/mol. The van der Waals surface area contributed by atoms with Crippen molar-refractivity contribution in [2.45, 2.75) is 46.4 Å². The molecule has 0 saturated heterocycles. The van der Waals surface area contributed by atoms with Crippen LogP contribution in [0.25, 0.3) is 17.0 Å². The van der Waals surface area contributed by atoms with Crippen LogP contribution in [0.3, 0.4) is 0 Å². The van der Waals surface area contributed by atoms with Gasteiger partial charge in [-0.3, -0.25) is 14.3 Å². The van der Waals surface area contributed by atoms with Gasteiger partial charge < -0.3 is 14.6 Å². The number of alkyl halides is 3. The predicted octanol–water partition coefficient (Wildman–Crippen LogP) is 5.40. The van der Waals surface area contributed by atoms with E-state index in [-0.39, 0.29) is 22.7 Å². The Morgan fingerprint density at radius 3 is 2.50 bits per heavy atom. The number of rotatable bonds is 4. The van der Waals surface area contributed by atoms with E-state index in [4.69, 9.17) is 4.52 Å². The molecule has 0 fully saturated rings. The lowest BCUT2D eigenvalue weighted by molar-refractivity contribution is -0.274. The van der Waals surface area contributed by atoms with Crippen LogP contribution in [0.2, 0.25) is 0 Å². The third kappa shape index (κ3) is 4.37. The van der Waals surface area contributed by atoms with Crippen LogP contribution in [-0.2, 0) is 19.9 Å². The maximum absolute atomic E-state index is 13.5. The molecule has 0 spiro atoms. The smallest absolute Gasteiger partial charge is 0.406 e. The van der Waals surface area contributed by atoms with Gasteiger partial charge in [-0.15, -0.1) is 13.2 Å². The van der Waals surface area contributed by atoms with Crippen molar-refractivity contribution < 1.29 is 27.2 Å². The van der Waals surface area contributed by atoms with Crippen molar-refractivity contribution in [1.82, 2.24) is 14.5 Å². The van der Waals surface area contributed by atoms with Gasteiger partial charge in [-0.05, 0) is 74.9 Å². The summed E-state index contributed by atoms with van der Waals surface area (Å²) in [4.78, 5) is 26.8. The highest BCUT2D eigenvalue weighted by atomic mass is 19.4. The number of anilines is 1. The number of aryl methyl sites for hydroxylation is 3. The SMILES string of the molecule is Cc1cccc(C)c1-n1c(=O)c(NC(=O)c2noc3c2CCCc2cc(OC(F)(F)F)ccc2-3)c(C)n1C. The van der Waals surface area contributed by atoms with Crippen molar-refractivity contribution in [1.29, 1.82) is 0 Å². The zero-order valence-corrected chi connectivity index (χ0v) is 21.2. The van der Waals surface area contributed by atoms with Crippen molar-refractivity contribution in [2.75, 3.05) is 5.32 Å². The minimum atomic E-state index is -4.80. The van der Waals surface area contributed by atoms with Crippen LogP contribution in [0.5, 0.6) is 5.75 Å². The highest BCUT2D eigenvalue weighted by Gasteiger charge is 2.32. The average Bonchev–Trinajstić information content (AvgIpc) is 3.27. The van der Waals surface area contributed by atoms with Gasteiger partial charge in [0.2, 0.25) is 0 Å². The van der Waals surface area contributed by atoms with Crippen molar-refractivity contribution in [3.63, 3.8) is 0 Å². The number of carbonyl (C=O) groups is 1. The Morgan fingerprint density at radius 2 is 1.82 bits per heavy atom. The van der Waals surface area contributed by atoms with Gasteiger partial charge >= 0.3 is 6.36 Å². The van der Waals surface area contributed by atoms with Gasteiger partial charge in [0, 0.05) is 18.2 Å². The number of hydrogen-bond donors (Lipinski definition) is 1. The molecule has 1 aliphatic rings. The Labute approximate surface area is 215 Å². The number of halogens is 3. The third-order valence-corrected chi connectivity index (χ3v) is 6.87. The maximum Gasteiger partial charge on any atom is 0.573 e. The Bertz CT molecular complexity index is 1610. The first-order valence-corrected chi connectivity index (χ1v) is 12.0. The largest absolute Gasteiger partial charge is 0.573 e. The van der Waals surface area contributed by atoms with Gasteiger partial charge in [0.05, 0.1) is 11.4 Å². The zero-order valence-electron chi connectivity index (χ0n) is 21.2. The molecule has 0 aliphatic heterocycles. The number of hydrogen-bond acceptors (Lipinski definition) is 5. The molecule has 0 bridgehead atoms. The summed E-state index contributed by atoms with van der Waals surface area (Å²) >= 11 is 0. The Kier molecular flexibility index (Phi) is 6.16. The number of fused-ring (bicyclic) bond motifs is 3. The monoisotopic (exact) mass is 526 g/mol. The average molecular weight is 527 g/mol. The Balaban J connectivity index is 1.49. The van der Waals surface area contributed by atoms with Gasteiger partial charge in [-0.25, -0.2) is 4.68 Å². The lowest BCUT2D eigenvalue weighted by Gasteiger charge is -2.13. The molecule has 2 aromatic heterocycles. The molecule has 8 nitrogen and oxygen atoms in total. The minimum Gasteiger partial charge on any atom is -0.406 e. The molecule has 0 unspecified atom stereocenters. The summed E-state index contributed by atoms with van der Waals surface area (Å²) in [7, 11) is 1.74. The second kappa shape index (κ2) is 9.23. The molecule has 2 heterocycles. The topological polar surface area (TPSA) is 91.3 Å².